The summed E-state index contributed by atoms with van der Waals surface area (Å²) in [5.74, 6) is 0.497. The van der Waals surface area contributed by atoms with Gasteiger partial charge in [-0.3, -0.25) is 9.36 Å². The molecule has 1 aromatic heterocycles. The molecular formula is C22H25N3O6. The molecule has 0 bridgehead atoms. The lowest BCUT2D eigenvalue weighted by Gasteiger charge is -2.25. The molecule has 0 aliphatic heterocycles. The number of aromatic nitrogens is 2. The van der Waals surface area contributed by atoms with Gasteiger partial charge in [0.05, 0.1) is 37.1 Å². The molecule has 31 heavy (non-hydrogen) atoms. The number of aliphatic hydroxyl groups is 2. The quantitative estimate of drug-likeness (QED) is 0.432. The molecule has 164 valence electrons. The Hall–Kier alpha value is -3.43. The lowest BCUT2D eigenvalue weighted by Crippen LogP contribution is -2.34. The minimum atomic E-state index is -1.23. The number of benzene rings is 2. The predicted molar refractivity (Wildman–Crippen MR) is 115 cm³/mol. The zero-order valence-electron chi connectivity index (χ0n) is 17.3. The number of carboxylic acid groups (broad SMARTS) is 1. The molecule has 1 heterocycles. The molecular weight excluding hydrogens is 402 g/mol. The van der Waals surface area contributed by atoms with Crippen LogP contribution in [0.5, 0.6) is 5.75 Å². The maximum absolute atomic E-state index is 13.6. The van der Waals surface area contributed by atoms with E-state index in [1.165, 1.54) is 4.57 Å². The molecule has 2 aromatic carbocycles. The number of carbonyl (C=O) groups is 1. The van der Waals surface area contributed by atoms with Gasteiger partial charge in [-0.05, 0) is 31.2 Å². The molecule has 3 aromatic rings. The third kappa shape index (κ3) is 4.68. The van der Waals surface area contributed by atoms with Crippen molar-refractivity contribution in [2.24, 2.45) is 5.41 Å². The number of para-hydroxylation sites is 1. The highest BCUT2D eigenvalue weighted by atomic mass is 16.5. The molecule has 0 aliphatic carbocycles. The monoisotopic (exact) mass is 427 g/mol. The van der Waals surface area contributed by atoms with Crippen LogP contribution >= 0.6 is 0 Å². The number of hydrogen-bond donors (Lipinski definition) is 4. The largest absolute Gasteiger partial charge is 0.492 e. The maximum Gasteiger partial charge on any atom is 0.405 e. The molecule has 1 unspecified atom stereocenters. The van der Waals surface area contributed by atoms with E-state index in [4.69, 9.17) is 9.84 Å². The molecule has 9 heteroatoms. The van der Waals surface area contributed by atoms with Crippen molar-refractivity contribution in [1.82, 2.24) is 14.9 Å². The zero-order valence-corrected chi connectivity index (χ0v) is 17.3. The van der Waals surface area contributed by atoms with Crippen LogP contribution in [-0.4, -0.2) is 50.8 Å². The van der Waals surface area contributed by atoms with Crippen LogP contribution in [0.25, 0.3) is 16.6 Å². The zero-order chi connectivity index (χ0) is 22.6. The summed E-state index contributed by atoms with van der Waals surface area (Å²) >= 11 is 0. The first-order valence-electron chi connectivity index (χ1n) is 9.75. The van der Waals surface area contributed by atoms with E-state index >= 15 is 0 Å². The first kappa shape index (κ1) is 22.3. The highest BCUT2D eigenvalue weighted by Gasteiger charge is 2.25. The molecule has 0 radical (unpaired) electrons. The summed E-state index contributed by atoms with van der Waals surface area (Å²) in [5, 5.41) is 30.7. The molecule has 0 fully saturated rings. The Bertz CT molecular complexity index is 1130. The summed E-state index contributed by atoms with van der Waals surface area (Å²) in [6.45, 7) is 2.68. The van der Waals surface area contributed by atoms with Gasteiger partial charge in [0.2, 0.25) is 0 Å². The van der Waals surface area contributed by atoms with Crippen molar-refractivity contribution in [2.75, 3.05) is 19.8 Å². The summed E-state index contributed by atoms with van der Waals surface area (Å²) in [6, 6.07) is 13.0. The summed E-state index contributed by atoms with van der Waals surface area (Å²) in [5.41, 5.74) is -0.427. The number of ether oxygens (including phenoxy) is 1. The van der Waals surface area contributed by atoms with E-state index in [-0.39, 0.29) is 36.8 Å². The fourth-order valence-corrected chi connectivity index (χ4v) is 3.10. The van der Waals surface area contributed by atoms with E-state index in [2.05, 4.69) is 10.3 Å². The van der Waals surface area contributed by atoms with Crippen molar-refractivity contribution in [2.45, 2.75) is 19.9 Å². The average molecular weight is 427 g/mol. The minimum Gasteiger partial charge on any atom is -0.492 e. The number of amides is 1. The van der Waals surface area contributed by atoms with Crippen LogP contribution in [0, 0.1) is 5.41 Å². The Morgan fingerprint density at radius 1 is 1.16 bits per heavy atom. The van der Waals surface area contributed by atoms with Crippen molar-refractivity contribution in [1.29, 1.82) is 0 Å². The molecule has 1 amide bonds. The van der Waals surface area contributed by atoms with E-state index in [0.717, 1.165) is 0 Å². The Morgan fingerprint density at radius 2 is 1.84 bits per heavy atom. The second-order valence-corrected chi connectivity index (χ2v) is 7.68. The van der Waals surface area contributed by atoms with E-state index in [1.54, 1.807) is 62.4 Å². The van der Waals surface area contributed by atoms with Gasteiger partial charge < -0.3 is 25.4 Å². The van der Waals surface area contributed by atoms with Crippen LogP contribution in [0.1, 0.15) is 25.7 Å². The van der Waals surface area contributed by atoms with Crippen LogP contribution < -0.4 is 15.6 Å². The van der Waals surface area contributed by atoms with Crippen molar-refractivity contribution in [3.8, 4) is 11.4 Å². The molecule has 0 aliphatic rings. The van der Waals surface area contributed by atoms with E-state index < -0.39 is 23.1 Å². The van der Waals surface area contributed by atoms with Crippen LogP contribution in [0.4, 0.5) is 4.79 Å². The van der Waals surface area contributed by atoms with Gasteiger partial charge in [-0.15, -0.1) is 0 Å². The second-order valence-electron chi connectivity index (χ2n) is 7.68. The Morgan fingerprint density at radius 3 is 2.45 bits per heavy atom. The van der Waals surface area contributed by atoms with Crippen molar-refractivity contribution >= 4 is 17.0 Å². The third-order valence-electron chi connectivity index (χ3n) is 4.97. The van der Waals surface area contributed by atoms with Crippen LogP contribution in [-0.2, 0) is 0 Å². The summed E-state index contributed by atoms with van der Waals surface area (Å²) in [6.07, 6.45) is -1.23. The molecule has 1 atom stereocenters. The van der Waals surface area contributed by atoms with Crippen LogP contribution in [0.3, 0.4) is 0 Å². The summed E-state index contributed by atoms with van der Waals surface area (Å²) < 4.78 is 7.17. The van der Waals surface area contributed by atoms with Crippen LogP contribution in [0.2, 0.25) is 0 Å². The maximum atomic E-state index is 13.6. The van der Waals surface area contributed by atoms with Crippen molar-refractivity contribution in [3.63, 3.8) is 0 Å². The molecule has 0 saturated heterocycles. The number of nitrogens with one attached hydrogen (secondary N) is 1. The SMILES string of the molecule is CC(NC(=O)O)c1nc2cccc(OCC(C)(CO)CO)c2c(=O)n1-c1ccccc1. The van der Waals surface area contributed by atoms with E-state index in [9.17, 15) is 19.8 Å². The topological polar surface area (TPSA) is 134 Å². The fraction of sp³-hybridized carbons (Fsp3) is 0.318. The van der Waals surface area contributed by atoms with Crippen molar-refractivity contribution in [3.05, 3.63) is 64.7 Å². The number of nitrogens with zero attached hydrogens (tertiary/aromatic N) is 2. The van der Waals surface area contributed by atoms with Crippen LogP contribution in [0.15, 0.2) is 53.3 Å². The van der Waals surface area contributed by atoms with Gasteiger partial charge in [-0.25, -0.2) is 9.78 Å². The Kier molecular flexibility index (Phi) is 6.57. The smallest absolute Gasteiger partial charge is 0.405 e. The molecule has 3 rings (SSSR count). The minimum absolute atomic E-state index is 0.0113. The highest BCUT2D eigenvalue weighted by molar-refractivity contribution is 5.84. The second kappa shape index (κ2) is 9.15. The molecule has 9 nitrogen and oxygen atoms in total. The summed E-state index contributed by atoms with van der Waals surface area (Å²) in [7, 11) is 0. The number of hydrogen-bond acceptors (Lipinski definition) is 6. The Balaban J connectivity index is 2.21. The van der Waals surface area contributed by atoms with E-state index in [1.807, 2.05) is 0 Å². The van der Waals surface area contributed by atoms with Crippen molar-refractivity contribution < 1.29 is 24.9 Å². The predicted octanol–water partition coefficient (Wildman–Crippen LogP) is 2.08. The third-order valence-corrected chi connectivity index (χ3v) is 4.97. The standard InChI is InChI=1S/C22H25N3O6/c1-14(23-21(29)30)19-24-16-9-6-10-17(31-13-22(2,11-26)12-27)18(16)20(28)25(19)15-7-4-3-5-8-15/h3-10,14,23,26-27H,11-13H2,1-2H3,(H,29,30). The van der Waals surface area contributed by atoms with Gasteiger partial charge in [0.25, 0.3) is 5.56 Å². The molecule has 0 saturated carbocycles. The average Bonchev–Trinajstić information content (AvgIpc) is 2.77. The lowest BCUT2D eigenvalue weighted by atomic mass is 9.94. The molecule has 4 N–H and O–H groups in total. The summed E-state index contributed by atoms with van der Waals surface area (Å²) in [4.78, 5) is 29.3. The van der Waals surface area contributed by atoms with Gasteiger partial charge in [-0.1, -0.05) is 31.2 Å². The normalized spacial score (nSPS) is 12.5. The van der Waals surface area contributed by atoms with Gasteiger partial charge in [0.15, 0.2) is 0 Å². The number of aliphatic hydroxyl groups excluding tert-OH is 2. The number of rotatable bonds is 8. The van der Waals surface area contributed by atoms with Gasteiger partial charge >= 0.3 is 6.09 Å². The first-order chi connectivity index (χ1) is 14.8. The molecule has 0 spiro atoms. The van der Waals surface area contributed by atoms with Gasteiger partial charge in [0, 0.05) is 5.41 Å². The lowest BCUT2D eigenvalue weighted by molar-refractivity contribution is 0.0291. The highest BCUT2D eigenvalue weighted by Crippen LogP contribution is 2.26. The fourth-order valence-electron chi connectivity index (χ4n) is 3.10. The van der Waals surface area contributed by atoms with Gasteiger partial charge in [-0.2, -0.15) is 0 Å². The Labute approximate surface area is 178 Å². The number of fused-ring (bicyclic) bond motifs is 1. The first-order valence-corrected chi connectivity index (χ1v) is 9.75. The van der Waals surface area contributed by atoms with E-state index in [0.29, 0.717) is 11.2 Å². The van der Waals surface area contributed by atoms with Gasteiger partial charge in [0.1, 0.15) is 17.0 Å².